The Hall–Kier alpha value is -2.16. The Kier molecular flexibility index (Phi) is 7.24. The molecule has 2 amide bonds. The highest BCUT2D eigenvalue weighted by atomic mass is 32.2. The summed E-state index contributed by atoms with van der Waals surface area (Å²) < 4.78 is 0. The first-order chi connectivity index (χ1) is 13.6. The summed E-state index contributed by atoms with van der Waals surface area (Å²) in [5.41, 5.74) is 1.50. The van der Waals surface area contributed by atoms with E-state index in [0.29, 0.717) is 18.8 Å². The highest BCUT2D eigenvalue weighted by molar-refractivity contribution is 8.15. The molecular weight excluding hydrogens is 392 g/mol. The number of amidine groups is 1. The van der Waals surface area contributed by atoms with Gasteiger partial charge in [0.05, 0.1) is 24.5 Å². The lowest BCUT2D eigenvalue weighted by Crippen LogP contribution is -2.32. The maximum Gasteiger partial charge on any atom is 0.239 e. The molecule has 2 aromatic rings. The third-order valence-corrected chi connectivity index (χ3v) is 6.21. The largest absolute Gasteiger partial charge is 0.325 e. The second kappa shape index (κ2) is 9.86. The van der Waals surface area contributed by atoms with Crippen molar-refractivity contribution in [3.05, 3.63) is 46.7 Å². The Labute approximate surface area is 173 Å². The molecule has 148 valence electrons. The molecule has 2 heterocycles. The maximum absolute atomic E-state index is 12.2. The highest BCUT2D eigenvalue weighted by Crippen LogP contribution is 2.27. The fraction of sp³-hybridized carbons (Fsp3) is 0.350. The number of nitrogens with zero attached hydrogens (tertiary/aromatic N) is 3. The van der Waals surface area contributed by atoms with Gasteiger partial charge in [0.2, 0.25) is 11.8 Å². The molecule has 6 nitrogen and oxygen atoms in total. The first-order valence-electron chi connectivity index (χ1n) is 9.25. The van der Waals surface area contributed by atoms with Crippen LogP contribution >= 0.6 is 23.1 Å². The third-order valence-electron chi connectivity index (χ3n) is 4.39. The van der Waals surface area contributed by atoms with Crippen molar-refractivity contribution >= 4 is 51.5 Å². The van der Waals surface area contributed by atoms with Gasteiger partial charge in [-0.2, -0.15) is 0 Å². The molecule has 1 aliphatic heterocycles. The van der Waals surface area contributed by atoms with Gasteiger partial charge < -0.3 is 5.32 Å². The Balaban J connectivity index is 1.64. The van der Waals surface area contributed by atoms with Crippen LogP contribution in [0.15, 0.2) is 46.8 Å². The van der Waals surface area contributed by atoms with E-state index in [-0.39, 0.29) is 11.8 Å². The summed E-state index contributed by atoms with van der Waals surface area (Å²) in [6.45, 7) is 6.71. The van der Waals surface area contributed by atoms with Gasteiger partial charge in [-0.25, -0.2) is 4.99 Å². The fourth-order valence-corrected chi connectivity index (χ4v) is 4.37. The van der Waals surface area contributed by atoms with E-state index >= 15 is 0 Å². The van der Waals surface area contributed by atoms with Crippen molar-refractivity contribution in [1.82, 2.24) is 9.80 Å². The maximum atomic E-state index is 12.2. The monoisotopic (exact) mass is 416 g/mol. The minimum atomic E-state index is -0.0261. The van der Waals surface area contributed by atoms with Crippen LogP contribution in [0.2, 0.25) is 0 Å². The van der Waals surface area contributed by atoms with Crippen molar-refractivity contribution < 1.29 is 9.59 Å². The normalized spacial score (nSPS) is 15.6. The standard InChI is InChI=1S/C20H24N4O2S2/c1-3-23(4-2)13-18(25)21-15-7-9-16(10-8-15)22-20-24(19(26)14-28-20)12-17-6-5-11-27-17/h5-11H,3-4,12-14H2,1-2H3,(H,21,25). The van der Waals surface area contributed by atoms with Gasteiger partial charge in [0.15, 0.2) is 5.17 Å². The minimum Gasteiger partial charge on any atom is -0.325 e. The zero-order valence-electron chi connectivity index (χ0n) is 16.1. The smallest absolute Gasteiger partial charge is 0.239 e. The summed E-state index contributed by atoms with van der Waals surface area (Å²) in [7, 11) is 0. The van der Waals surface area contributed by atoms with Gasteiger partial charge in [0.25, 0.3) is 0 Å². The molecule has 1 aromatic carbocycles. The number of anilines is 1. The number of likely N-dealkylation sites (N-methyl/N-ethyl adjacent to an activating group) is 1. The van der Waals surface area contributed by atoms with Crippen molar-refractivity contribution in [2.24, 2.45) is 4.99 Å². The molecule has 1 aliphatic rings. The van der Waals surface area contributed by atoms with E-state index in [9.17, 15) is 9.59 Å². The Morgan fingerprint density at radius 2 is 1.96 bits per heavy atom. The molecule has 0 spiro atoms. The lowest BCUT2D eigenvalue weighted by Gasteiger charge is -2.17. The lowest BCUT2D eigenvalue weighted by molar-refractivity contribution is -0.124. The minimum absolute atomic E-state index is 0.0261. The van der Waals surface area contributed by atoms with Gasteiger partial charge in [-0.15, -0.1) is 11.3 Å². The molecule has 0 atom stereocenters. The zero-order valence-corrected chi connectivity index (χ0v) is 17.7. The van der Waals surface area contributed by atoms with Crippen LogP contribution in [0.3, 0.4) is 0 Å². The van der Waals surface area contributed by atoms with Crippen LogP contribution in [0.1, 0.15) is 18.7 Å². The van der Waals surface area contributed by atoms with Crippen LogP contribution in [0.5, 0.6) is 0 Å². The summed E-state index contributed by atoms with van der Waals surface area (Å²) in [4.78, 5) is 33.9. The van der Waals surface area contributed by atoms with Crippen LogP contribution < -0.4 is 5.32 Å². The number of aliphatic imine (C=N–C) groups is 1. The molecule has 1 fully saturated rings. The van der Waals surface area contributed by atoms with Gasteiger partial charge in [0, 0.05) is 10.6 Å². The predicted octanol–water partition coefficient (Wildman–Crippen LogP) is 3.79. The quantitative estimate of drug-likeness (QED) is 0.711. The summed E-state index contributed by atoms with van der Waals surface area (Å²) in [5.74, 6) is 0.475. The second-order valence-electron chi connectivity index (χ2n) is 6.30. The fourth-order valence-electron chi connectivity index (χ4n) is 2.78. The van der Waals surface area contributed by atoms with Crippen molar-refractivity contribution in [2.75, 3.05) is 30.7 Å². The molecule has 28 heavy (non-hydrogen) atoms. The third kappa shape index (κ3) is 5.43. The van der Waals surface area contributed by atoms with Crippen LogP contribution in [-0.4, -0.2) is 52.2 Å². The van der Waals surface area contributed by atoms with Crippen LogP contribution in [0.25, 0.3) is 0 Å². The van der Waals surface area contributed by atoms with Crippen LogP contribution in [-0.2, 0) is 16.1 Å². The average Bonchev–Trinajstić information content (AvgIpc) is 3.33. The number of thiophene rings is 1. The molecule has 0 aliphatic carbocycles. The Morgan fingerprint density at radius 1 is 1.21 bits per heavy atom. The number of thioether (sulfide) groups is 1. The summed E-state index contributed by atoms with van der Waals surface area (Å²) >= 11 is 3.09. The van der Waals surface area contributed by atoms with Crippen molar-refractivity contribution in [1.29, 1.82) is 0 Å². The Bertz CT molecular complexity index is 830. The van der Waals surface area contributed by atoms with Gasteiger partial charge in [-0.3, -0.25) is 19.4 Å². The molecule has 0 saturated carbocycles. The number of carbonyl (C=O) groups excluding carboxylic acids is 2. The van der Waals surface area contributed by atoms with E-state index in [2.05, 4.69) is 15.2 Å². The highest BCUT2D eigenvalue weighted by Gasteiger charge is 2.28. The van der Waals surface area contributed by atoms with E-state index in [1.165, 1.54) is 11.8 Å². The molecule has 0 bridgehead atoms. The molecule has 8 heteroatoms. The van der Waals surface area contributed by atoms with E-state index in [4.69, 9.17) is 0 Å². The average molecular weight is 417 g/mol. The molecule has 0 radical (unpaired) electrons. The van der Waals surface area contributed by atoms with Gasteiger partial charge in [-0.05, 0) is 48.8 Å². The summed E-state index contributed by atoms with van der Waals surface area (Å²) in [5, 5.41) is 5.64. The van der Waals surface area contributed by atoms with Crippen molar-refractivity contribution in [3.63, 3.8) is 0 Å². The summed E-state index contributed by atoms with van der Waals surface area (Å²) in [6, 6.07) is 11.4. The number of benzene rings is 1. The number of hydrogen-bond donors (Lipinski definition) is 1. The topological polar surface area (TPSA) is 65.0 Å². The molecule has 3 rings (SSSR count). The van der Waals surface area contributed by atoms with E-state index in [1.54, 1.807) is 16.2 Å². The number of carbonyl (C=O) groups is 2. The van der Waals surface area contributed by atoms with Gasteiger partial charge in [-0.1, -0.05) is 31.7 Å². The summed E-state index contributed by atoms with van der Waals surface area (Å²) in [6.07, 6.45) is 0. The molecule has 0 unspecified atom stereocenters. The molecule has 1 saturated heterocycles. The van der Waals surface area contributed by atoms with Crippen LogP contribution in [0, 0.1) is 0 Å². The second-order valence-corrected chi connectivity index (χ2v) is 8.27. The van der Waals surface area contributed by atoms with Gasteiger partial charge >= 0.3 is 0 Å². The number of amides is 2. The SMILES string of the molecule is CCN(CC)CC(=O)Nc1ccc(N=C2SCC(=O)N2Cc2cccs2)cc1. The molecular formula is C20H24N4O2S2. The number of nitrogens with one attached hydrogen (secondary N) is 1. The molecule has 1 aromatic heterocycles. The zero-order chi connectivity index (χ0) is 19.9. The Morgan fingerprint density at radius 3 is 2.61 bits per heavy atom. The predicted molar refractivity (Wildman–Crippen MR) is 117 cm³/mol. The molecule has 1 N–H and O–H groups in total. The van der Waals surface area contributed by atoms with Crippen LogP contribution in [0.4, 0.5) is 11.4 Å². The van der Waals surface area contributed by atoms with Crippen molar-refractivity contribution in [3.8, 4) is 0 Å². The number of hydrogen-bond acceptors (Lipinski definition) is 6. The van der Waals surface area contributed by atoms with E-state index in [0.717, 1.165) is 34.5 Å². The van der Waals surface area contributed by atoms with E-state index < -0.39 is 0 Å². The van der Waals surface area contributed by atoms with E-state index in [1.807, 2.05) is 55.6 Å². The first kappa shape index (κ1) is 20.6. The number of rotatable bonds is 8. The lowest BCUT2D eigenvalue weighted by atomic mass is 10.3. The van der Waals surface area contributed by atoms with Gasteiger partial charge in [0.1, 0.15) is 0 Å². The van der Waals surface area contributed by atoms with Crippen molar-refractivity contribution in [2.45, 2.75) is 20.4 Å². The first-order valence-corrected chi connectivity index (χ1v) is 11.1.